The number of hydrogen-bond acceptors (Lipinski definition) is 4. The number of nitrogens with one attached hydrogen (secondary N) is 1. The summed E-state index contributed by atoms with van der Waals surface area (Å²) in [7, 11) is 1.43. The van der Waals surface area contributed by atoms with Crippen LogP contribution in [0.5, 0.6) is 0 Å². The van der Waals surface area contributed by atoms with Crippen molar-refractivity contribution in [2.75, 3.05) is 19.0 Å². The maximum atomic E-state index is 12.1. The number of carbonyl (C=O) groups is 1. The van der Waals surface area contributed by atoms with Crippen LogP contribution in [-0.4, -0.2) is 31.3 Å². The number of esters is 1. The van der Waals surface area contributed by atoms with Gasteiger partial charge >= 0.3 is 5.97 Å². The molecule has 4 heteroatoms. The highest BCUT2D eigenvalue weighted by atomic mass is 16.5. The fourth-order valence-electron chi connectivity index (χ4n) is 2.43. The Morgan fingerprint density at radius 2 is 2.17 bits per heavy atom. The Hall–Kier alpha value is -1.55. The van der Waals surface area contributed by atoms with Gasteiger partial charge in [0.1, 0.15) is 5.54 Å². The molecule has 2 rings (SSSR count). The Morgan fingerprint density at radius 3 is 2.78 bits per heavy atom. The monoisotopic (exact) mass is 249 g/mol. The Labute approximate surface area is 107 Å². The van der Waals surface area contributed by atoms with Crippen molar-refractivity contribution >= 4 is 11.7 Å². The van der Waals surface area contributed by atoms with E-state index < -0.39 is 5.54 Å². The maximum Gasteiger partial charge on any atom is 0.331 e. The minimum atomic E-state index is -0.673. The van der Waals surface area contributed by atoms with Crippen LogP contribution in [0.15, 0.2) is 30.3 Å². The molecule has 1 N–H and O–H groups in total. The van der Waals surface area contributed by atoms with Gasteiger partial charge in [0.2, 0.25) is 0 Å². The molecule has 0 amide bonds. The summed E-state index contributed by atoms with van der Waals surface area (Å²) in [5.74, 6) is -0.221. The zero-order valence-electron chi connectivity index (χ0n) is 10.8. The maximum absolute atomic E-state index is 12.1. The highest BCUT2D eigenvalue weighted by Gasteiger charge is 2.43. The molecule has 1 aliphatic heterocycles. The first-order chi connectivity index (χ1) is 8.66. The molecule has 1 fully saturated rings. The number of carbonyl (C=O) groups excluding carboxylic acids is 1. The summed E-state index contributed by atoms with van der Waals surface area (Å²) < 4.78 is 10.5. The minimum Gasteiger partial charge on any atom is -0.467 e. The third kappa shape index (κ3) is 2.64. The van der Waals surface area contributed by atoms with Crippen LogP contribution in [0, 0.1) is 0 Å². The number of rotatable bonds is 3. The second-order valence-electron chi connectivity index (χ2n) is 4.70. The van der Waals surface area contributed by atoms with Crippen LogP contribution in [0.3, 0.4) is 0 Å². The second-order valence-corrected chi connectivity index (χ2v) is 4.70. The van der Waals surface area contributed by atoms with Gasteiger partial charge in [-0.15, -0.1) is 0 Å². The van der Waals surface area contributed by atoms with Crippen molar-refractivity contribution in [1.82, 2.24) is 0 Å². The molecule has 2 unspecified atom stereocenters. The van der Waals surface area contributed by atoms with E-state index in [1.165, 1.54) is 7.11 Å². The number of methoxy groups -OCH3 is 1. The first-order valence-electron chi connectivity index (χ1n) is 6.19. The molecule has 98 valence electrons. The Morgan fingerprint density at radius 1 is 1.44 bits per heavy atom. The number of para-hydroxylation sites is 1. The fourth-order valence-corrected chi connectivity index (χ4v) is 2.43. The lowest BCUT2D eigenvalue weighted by atomic mass is 9.86. The van der Waals surface area contributed by atoms with Crippen molar-refractivity contribution in [2.45, 2.75) is 31.4 Å². The molecule has 0 radical (unpaired) electrons. The van der Waals surface area contributed by atoms with E-state index in [2.05, 4.69) is 5.32 Å². The molecule has 1 aromatic carbocycles. The lowest BCUT2D eigenvalue weighted by molar-refractivity contribution is -0.151. The lowest BCUT2D eigenvalue weighted by Crippen LogP contribution is -2.53. The molecule has 2 atom stereocenters. The van der Waals surface area contributed by atoms with Crippen LogP contribution in [0.1, 0.15) is 19.8 Å². The van der Waals surface area contributed by atoms with E-state index in [1.807, 2.05) is 37.3 Å². The molecule has 1 heterocycles. The normalized spacial score (nSPS) is 27.6. The lowest BCUT2D eigenvalue weighted by Gasteiger charge is -2.38. The van der Waals surface area contributed by atoms with Crippen molar-refractivity contribution in [3.8, 4) is 0 Å². The van der Waals surface area contributed by atoms with Gasteiger partial charge in [-0.3, -0.25) is 0 Å². The van der Waals surface area contributed by atoms with E-state index in [9.17, 15) is 4.79 Å². The molecule has 1 saturated heterocycles. The van der Waals surface area contributed by atoms with E-state index in [1.54, 1.807) is 0 Å². The molecular formula is C14H19NO3. The number of ether oxygens (including phenoxy) is 2. The van der Waals surface area contributed by atoms with Crippen LogP contribution in [0.4, 0.5) is 5.69 Å². The van der Waals surface area contributed by atoms with Gasteiger partial charge in [-0.05, 0) is 19.1 Å². The van der Waals surface area contributed by atoms with Gasteiger partial charge in [-0.25, -0.2) is 4.79 Å². The topological polar surface area (TPSA) is 47.6 Å². The Bertz CT molecular complexity index is 407. The van der Waals surface area contributed by atoms with Crippen molar-refractivity contribution in [1.29, 1.82) is 0 Å². The standard InChI is InChI=1S/C14H19NO3/c1-11-10-14(8-9-18-11,13(16)17-2)15-12-6-4-3-5-7-12/h3-7,11,15H,8-10H2,1-2H3. The predicted octanol–water partition coefficient (Wildman–Crippen LogP) is 2.21. The summed E-state index contributed by atoms with van der Waals surface area (Å²) in [6, 6.07) is 9.73. The molecule has 1 aromatic rings. The van der Waals surface area contributed by atoms with Gasteiger partial charge in [0.15, 0.2) is 0 Å². The highest BCUT2D eigenvalue weighted by Crippen LogP contribution is 2.30. The third-order valence-corrected chi connectivity index (χ3v) is 3.30. The van der Waals surface area contributed by atoms with Gasteiger partial charge in [0.05, 0.1) is 13.2 Å². The van der Waals surface area contributed by atoms with Crippen molar-refractivity contribution in [3.63, 3.8) is 0 Å². The minimum absolute atomic E-state index is 0.0501. The Kier molecular flexibility index (Phi) is 3.87. The fraction of sp³-hybridized carbons (Fsp3) is 0.500. The first-order valence-corrected chi connectivity index (χ1v) is 6.19. The molecule has 0 aromatic heterocycles. The molecule has 0 spiro atoms. The summed E-state index contributed by atoms with van der Waals surface area (Å²) >= 11 is 0. The highest BCUT2D eigenvalue weighted by molar-refractivity contribution is 5.84. The molecule has 0 aliphatic carbocycles. The van der Waals surface area contributed by atoms with Gasteiger partial charge in [-0.2, -0.15) is 0 Å². The van der Waals surface area contributed by atoms with E-state index >= 15 is 0 Å². The van der Waals surface area contributed by atoms with Crippen molar-refractivity contribution in [3.05, 3.63) is 30.3 Å². The zero-order valence-corrected chi connectivity index (χ0v) is 10.8. The van der Waals surface area contributed by atoms with Gasteiger partial charge in [0.25, 0.3) is 0 Å². The van der Waals surface area contributed by atoms with Crippen LogP contribution in [0.2, 0.25) is 0 Å². The van der Waals surface area contributed by atoms with Gasteiger partial charge in [-0.1, -0.05) is 18.2 Å². The van der Waals surface area contributed by atoms with E-state index in [0.717, 1.165) is 5.69 Å². The van der Waals surface area contributed by atoms with Crippen molar-refractivity contribution in [2.24, 2.45) is 0 Å². The van der Waals surface area contributed by atoms with Crippen LogP contribution in [-0.2, 0) is 14.3 Å². The molecule has 0 bridgehead atoms. The van der Waals surface area contributed by atoms with E-state index in [0.29, 0.717) is 19.4 Å². The summed E-state index contributed by atoms with van der Waals surface area (Å²) in [4.78, 5) is 12.1. The van der Waals surface area contributed by atoms with E-state index in [-0.39, 0.29) is 12.1 Å². The van der Waals surface area contributed by atoms with Gasteiger partial charge in [0, 0.05) is 25.1 Å². The van der Waals surface area contributed by atoms with E-state index in [4.69, 9.17) is 9.47 Å². The summed E-state index contributed by atoms with van der Waals surface area (Å²) in [6.07, 6.45) is 1.29. The third-order valence-electron chi connectivity index (χ3n) is 3.30. The number of hydrogen-bond donors (Lipinski definition) is 1. The molecule has 0 saturated carbocycles. The molecule has 1 aliphatic rings. The summed E-state index contributed by atoms with van der Waals surface area (Å²) in [5.41, 5.74) is 0.255. The SMILES string of the molecule is COC(=O)C1(Nc2ccccc2)CCOC(C)C1. The molecular weight excluding hydrogens is 230 g/mol. The predicted molar refractivity (Wildman–Crippen MR) is 69.5 cm³/mol. The molecule has 4 nitrogen and oxygen atoms in total. The summed E-state index contributed by atoms with van der Waals surface area (Å²) in [6.45, 7) is 2.54. The average molecular weight is 249 g/mol. The summed E-state index contributed by atoms with van der Waals surface area (Å²) in [5, 5.41) is 3.32. The van der Waals surface area contributed by atoms with Crippen LogP contribution in [0.25, 0.3) is 0 Å². The quantitative estimate of drug-likeness (QED) is 0.834. The second kappa shape index (κ2) is 5.40. The van der Waals surface area contributed by atoms with Crippen molar-refractivity contribution < 1.29 is 14.3 Å². The smallest absolute Gasteiger partial charge is 0.331 e. The largest absolute Gasteiger partial charge is 0.467 e. The molecule has 18 heavy (non-hydrogen) atoms. The Balaban J connectivity index is 2.22. The van der Waals surface area contributed by atoms with Crippen LogP contribution >= 0.6 is 0 Å². The number of benzene rings is 1. The van der Waals surface area contributed by atoms with Gasteiger partial charge < -0.3 is 14.8 Å². The zero-order chi connectivity index (χ0) is 13.0. The number of anilines is 1. The first kappa shape index (κ1) is 12.9. The van der Waals surface area contributed by atoms with Crippen LogP contribution < -0.4 is 5.32 Å². The average Bonchev–Trinajstić information content (AvgIpc) is 2.39.